The van der Waals surface area contributed by atoms with Gasteiger partial charge in [0.15, 0.2) is 0 Å². The summed E-state index contributed by atoms with van der Waals surface area (Å²) in [7, 11) is 0. The van der Waals surface area contributed by atoms with Gasteiger partial charge in [0.25, 0.3) is 0 Å². The highest BCUT2D eigenvalue weighted by molar-refractivity contribution is 9.09. The van der Waals surface area contributed by atoms with Gasteiger partial charge in [0, 0.05) is 11.9 Å². The van der Waals surface area contributed by atoms with Crippen LogP contribution in [0.1, 0.15) is 25.7 Å². The summed E-state index contributed by atoms with van der Waals surface area (Å²) in [6.45, 7) is 0.663. The largest absolute Gasteiger partial charge is 0.369 e. The number of alkyl halides is 1. The van der Waals surface area contributed by atoms with E-state index >= 15 is 0 Å². The second kappa shape index (κ2) is 7.48. The Bertz CT molecular complexity index is 305. The van der Waals surface area contributed by atoms with E-state index in [0.717, 1.165) is 18.2 Å². The van der Waals surface area contributed by atoms with Gasteiger partial charge < -0.3 is 11.1 Å². The molecule has 0 aliphatic heterocycles. The lowest BCUT2D eigenvalue weighted by molar-refractivity contribution is -0.133. The molecular formula is C12H19BrN2O2. The number of nitrogens with two attached hydrogens (primary N) is 1. The highest BCUT2D eigenvalue weighted by Gasteiger charge is 2.32. The van der Waals surface area contributed by atoms with Crippen molar-refractivity contribution in [3.05, 3.63) is 12.2 Å². The van der Waals surface area contributed by atoms with Gasteiger partial charge in [-0.2, -0.15) is 0 Å². The van der Waals surface area contributed by atoms with Gasteiger partial charge in [-0.25, -0.2) is 0 Å². The second-order valence-electron chi connectivity index (χ2n) is 4.25. The van der Waals surface area contributed by atoms with Crippen molar-refractivity contribution in [2.45, 2.75) is 25.7 Å². The fourth-order valence-corrected chi connectivity index (χ4v) is 2.38. The van der Waals surface area contributed by atoms with Crippen LogP contribution in [0.15, 0.2) is 12.2 Å². The number of carbonyl (C=O) groups excluding carboxylic acids is 2. The zero-order chi connectivity index (χ0) is 12.7. The molecule has 0 aromatic carbocycles. The van der Waals surface area contributed by atoms with Crippen molar-refractivity contribution in [3.63, 3.8) is 0 Å². The first-order valence-corrected chi connectivity index (χ1v) is 7.07. The topological polar surface area (TPSA) is 72.2 Å². The Balaban J connectivity index is 2.43. The fourth-order valence-electron chi connectivity index (χ4n) is 1.98. The molecule has 1 aliphatic rings. The van der Waals surface area contributed by atoms with Crippen molar-refractivity contribution in [2.75, 3.05) is 11.9 Å². The summed E-state index contributed by atoms with van der Waals surface area (Å²) in [5.74, 6) is -1.07. The first kappa shape index (κ1) is 14.2. The maximum Gasteiger partial charge on any atom is 0.224 e. The molecule has 2 amide bonds. The Hall–Kier alpha value is -0.840. The molecule has 0 spiro atoms. The van der Waals surface area contributed by atoms with Crippen LogP contribution in [-0.2, 0) is 9.59 Å². The summed E-state index contributed by atoms with van der Waals surface area (Å²) in [5.41, 5.74) is 5.31. The number of halogens is 1. The third-order valence-electron chi connectivity index (χ3n) is 2.99. The van der Waals surface area contributed by atoms with Crippen LogP contribution in [0, 0.1) is 11.8 Å². The van der Waals surface area contributed by atoms with E-state index in [2.05, 4.69) is 21.2 Å². The molecule has 2 atom stereocenters. The third kappa shape index (κ3) is 4.50. The molecule has 96 valence electrons. The Morgan fingerprint density at radius 2 is 1.88 bits per heavy atom. The Morgan fingerprint density at radius 1 is 1.24 bits per heavy atom. The van der Waals surface area contributed by atoms with Crippen molar-refractivity contribution >= 4 is 27.7 Å². The lowest BCUT2D eigenvalue weighted by Crippen LogP contribution is -2.41. The molecule has 0 heterocycles. The molecule has 0 aromatic heterocycles. The molecule has 0 aromatic rings. The zero-order valence-electron chi connectivity index (χ0n) is 9.82. The van der Waals surface area contributed by atoms with Crippen molar-refractivity contribution in [1.82, 2.24) is 5.32 Å². The Kier molecular flexibility index (Phi) is 6.26. The van der Waals surface area contributed by atoms with Gasteiger partial charge in [-0.05, 0) is 25.7 Å². The highest BCUT2D eigenvalue weighted by atomic mass is 79.9. The van der Waals surface area contributed by atoms with E-state index in [4.69, 9.17) is 5.73 Å². The molecule has 0 saturated carbocycles. The number of rotatable bonds is 6. The summed E-state index contributed by atoms with van der Waals surface area (Å²) in [6, 6.07) is 0. The molecule has 0 bridgehead atoms. The predicted octanol–water partition coefficient (Wildman–Crippen LogP) is 1.35. The van der Waals surface area contributed by atoms with Gasteiger partial charge in [0.05, 0.1) is 11.8 Å². The van der Waals surface area contributed by atoms with Crippen molar-refractivity contribution < 1.29 is 9.59 Å². The van der Waals surface area contributed by atoms with E-state index in [1.54, 1.807) is 0 Å². The standard InChI is InChI=1S/C12H19BrN2O2/c13-7-3-4-8-15-12(17)10-6-2-1-5-9(10)11(14)16/h1-2,9-10H,3-8H2,(H2,14,16)(H,15,17)/t9-,10+/m0/s1. The van der Waals surface area contributed by atoms with Gasteiger partial charge in [-0.15, -0.1) is 0 Å². The van der Waals surface area contributed by atoms with Crippen molar-refractivity contribution in [3.8, 4) is 0 Å². The number of primary amides is 1. The monoisotopic (exact) mass is 302 g/mol. The minimum atomic E-state index is -0.380. The second-order valence-corrected chi connectivity index (χ2v) is 5.04. The van der Waals surface area contributed by atoms with Gasteiger partial charge in [-0.3, -0.25) is 9.59 Å². The van der Waals surface area contributed by atoms with Crippen LogP contribution in [-0.4, -0.2) is 23.7 Å². The number of allylic oxidation sites excluding steroid dienone is 2. The summed E-state index contributed by atoms with van der Waals surface area (Å²) in [6.07, 6.45) is 7.03. The molecule has 4 nitrogen and oxygen atoms in total. The number of amides is 2. The predicted molar refractivity (Wildman–Crippen MR) is 70.6 cm³/mol. The van der Waals surface area contributed by atoms with Crippen molar-refractivity contribution in [2.24, 2.45) is 17.6 Å². The molecule has 0 radical (unpaired) electrons. The molecule has 1 rings (SSSR count). The van der Waals surface area contributed by atoms with Crippen LogP contribution in [0.2, 0.25) is 0 Å². The van der Waals surface area contributed by atoms with Crippen LogP contribution in [0.4, 0.5) is 0 Å². The van der Waals surface area contributed by atoms with Crippen LogP contribution in [0.25, 0.3) is 0 Å². The SMILES string of the molecule is NC(=O)[C@H]1CC=CC[C@H]1C(=O)NCCCCBr. The quantitative estimate of drug-likeness (QED) is 0.441. The van der Waals surface area contributed by atoms with E-state index < -0.39 is 0 Å². The number of hydrogen-bond acceptors (Lipinski definition) is 2. The molecule has 17 heavy (non-hydrogen) atoms. The summed E-state index contributed by atoms with van der Waals surface area (Å²) in [5, 5.41) is 3.81. The van der Waals surface area contributed by atoms with Crippen LogP contribution in [0.3, 0.4) is 0 Å². The fraction of sp³-hybridized carbons (Fsp3) is 0.667. The lowest BCUT2D eigenvalue weighted by atomic mass is 9.82. The minimum absolute atomic E-state index is 0.0484. The molecule has 0 fully saturated rings. The van der Waals surface area contributed by atoms with E-state index in [1.807, 2.05) is 12.2 Å². The molecule has 5 heteroatoms. The summed E-state index contributed by atoms with van der Waals surface area (Å²) in [4.78, 5) is 23.2. The van der Waals surface area contributed by atoms with Crippen LogP contribution in [0.5, 0.6) is 0 Å². The highest BCUT2D eigenvalue weighted by Crippen LogP contribution is 2.25. The van der Waals surface area contributed by atoms with Crippen LogP contribution < -0.4 is 11.1 Å². The average molecular weight is 303 g/mol. The van der Waals surface area contributed by atoms with E-state index in [1.165, 1.54) is 0 Å². The number of hydrogen-bond donors (Lipinski definition) is 2. The molecule has 0 saturated heterocycles. The average Bonchev–Trinajstić information content (AvgIpc) is 2.34. The summed E-state index contributed by atoms with van der Waals surface area (Å²) < 4.78 is 0. The smallest absolute Gasteiger partial charge is 0.224 e. The lowest BCUT2D eigenvalue weighted by Gasteiger charge is -2.24. The van der Waals surface area contributed by atoms with Gasteiger partial charge in [0.2, 0.25) is 11.8 Å². The zero-order valence-corrected chi connectivity index (χ0v) is 11.4. The van der Waals surface area contributed by atoms with Gasteiger partial charge >= 0.3 is 0 Å². The van der Waals surface area contributed by atoms with Gasteiger partial charge in [0.1, 0.15) is 0 Å². The van der Waals surface area contributed by atoms with E-state index in [9.17, 15) is 9.59 Å². The minimum Gasteiger partial charge on any atom is -0.369 e. The molecule has 0 unspecified atom stereocenters. The molecule has 3 N–H and O–H groups in total. The van der Waals surface area contributed by atoms with E-state index in [-0.39, 0.29) is 23.7 Å². The maximum atomic E-state index is 11.9. The molecular weight excluding hydrogens is 284 g/mol. The number of unbranched alkanes of at least 4 members (excludes halogenated alkanes) is 1. The first-order chi connectivity index (χ1) is 8.16. The Morgan fingerprint density at radius 3 is 2.47 bits per heavy atom. The number of carbonyl (C=O) groups is 2. The van der Waals surface area contributed by atoms with Crippen LogP contribution >= 0.6 is 15.9 Å². The third-order valence-corrected chi connectivity index (χ3v) is 3.55. The van der Waals surface area contributed by atoms with E-state index in [0.29, 0.717) is 19.4 Å². The van der Waals surface area contributed by atoms with Gasteiger partial charge in [-0.1, -0.05) is 28.1 Å². The molecule has 1 aliphatic carbocycles. The Labute approximate surface area is 110 Å². The first-order valence-electron chi connectivity index (χ1n) is 5.94. The van der Waals surface area contributed by atoms with Crippen molar-refractivity contribution in [1.29, 1.82) is 0 Å². The number of nitrogens with one attached hydrogen (secondary N) is 1. The summed E-state index contributed by atoms with van der Waals surface area (Å²) >= 11 is 3.34. The normalized spacial score (nSPS) is 23.4. The maximum absolute atomic E-state index is 11.9.